The predicted molar refractivity (Wildman–Crippen MR) is 70.4 cm³/mol. The molecule has 2 N–H and O–H groups in total. The first kappa shape index (κ1) is 15.3. The fraction of sp³-hybridized carbons (Fsp3) is 0.833. The number of hydrogen-bond acceptors (Lipinski definition) is 5. The number of hydrogen-bond donors (Lipinski definition) is 2. The molecule has 0 aromatic rings. The van der Waals surface area contributed by atoms with Crippen LogP contribution in [0.2, 0.25) is 0 Å². The molecule has 0 amide bonds. The van der Waals surface area contributed by atoms with E-state index in [-0.39, 0.29) is 17.8 Å². The number of rotatable bonds is 9. The Hall–Kier alpha value is -0.750. The highest BCUT2D eigenvalue weighted by molar-refractivity contribution is 8.11. The Kier molecular flexibility index (Phi) is 7.84. The summed E-state index contributed by atoms with van der Waals surface area (Å²) < 4.78 is 8.00. The van der Waals surface area contributed by atoms with Gasteiger partial charge in [0.15, 0.2) is 0 Å². The standard InChI is InChI=1S/C12H21NO4S/c14-11(15)8-6-4-2-1-3-5-7-10-9-17-12(16)18-13-10/h10,13H,1-9H2,(H,14,15). The van der Waals surface area contributed by atoms with Gasteiger partial charge in [-0.1, -0.05) is 32.1 Å². The molecule has 0 aromatic heterocycles. The molecule has 1 aliphatic rings. The maximum absolute atomic E-state index is 10.8. The van der Waals surface area contributed by atoms with Crippen molar-refractivity contribution in [2.24, 2.45) is 0 Å². The fourth-order valence-corrected chi connectivity index (χ4v) is 2.46. The van der Waals surface area contributed by atoms with Crippen LogP contribution in [0.5, 0.6) is 0 Å². The summed E-state index contributed by atoms with van der Waals surface area (Å²) >= 11 is 1.04. The van der Waals surface area contributed by atoms with Crippen LogP contribution >= 0.6 is 11.9 Å². The Bertz CT molecular complexity index is 263. The lowest BCUT2D eigenvalue weighted by atomic mass is 10.1. The second-order valence-electron chi connectivity index (χ2n) is 4.53. The van der Waals surface area contributed by atoms with Gasteiger partial charge in [0.05, 0.1) is 6.04 Å². The van der Waals surface area contributed by atoms with Gasteiger partial charge in [0.1, 0.15) is 6.61 Å². The number of carbonyl (C=O) groups is 2. The van der Waals surface area contributed by atoms with E-state index in [0.717, 1.165) is 56.9 Å². The van der Waals surface area contributed by atoms with E-state index in [1.807, 2.05) is 0 Å². The first-order valence-corrected chi connectivity index (χ1v) is 7.31. The highest BCUT2D eigenvalue weighted by Gasteiger charge is 2.18. The zero-order valence-corrected chi connectivity index (χ0v) is 11.3. The summed E-state index contributed by atoms with van der Waals surface area (Å²) in [4.78, 5) is 21.1. The molecule has 0 spiro atoms. The van der Waals surface area contributed by atoms with Gasteiger partial charge in [0.25, 0.3) is 0 Å². The normalized spacial score (nSPS) is 19.6. The minimum atomic E-state index is -0.703. The molecule has 1 heterocycles. The van der Waals surface area contributed by atoms with Crippen molar-refractivity contribution >= 4 is 23.2 Å². The third-order valence-electron chi connectivity index (χ3n) is 2.90. The van der Waals surface area contributed by atoms with E-state index in [4.69, 9.17) is 9.84 Å². The van der Waals surface area contributed by atoms with Gasteiger partial charge in [0, 0.05) is 18.4 Å². The summed E-state index contributed by atoms with van der Waals surface area (Å²) in [5, 5.41) is 8.23. The van der Waals surface area contributed by atoms with Crippen molar-refractivity contribution in [1.29, 1.82) is 0 Å². The van der Waals surface area contributed by atoms with Crippen LogP contribution in [0, 0.1) is 0 Å². The Labute approximate surface area is 112 Å². The van der Waals surface area contributed by atoms with Crippen LogP contribution in [0.1, 0.15) is 51.4 Å². The maximum atomic E-state index is 10.8. The molecule has 0 aliphatic carbocycles. The Balaban J connectivity index is 1.84. The lowest BCUT2D eigenvalue weighted by Gasteiger charge is -2.21. The molecular weight excluding hydrogens is 254 g/mol. The van der Waals surface area contributed by atoms with Crippen molar-refractivity contribution in [2.75, 3.05) is 6.61 Å². The van der Waals surface area contributed by atoms with Crippen LogP contribution in [0.3, 0.4) is 0 Å². The van der Waals surface area contributed by atoms with Gasteiger partial charge in [-0.2, -0.15) is 0 Å². The maximum Gasteiger partial charge on any atom is 0.382 e. The number of ether oxygens (including phenoxy) is 1. The molecule has 1 saturated heterocycles. The highest BCUT2D eigenvalue weighted by atomic mass is 32.2. The summed E-state index contributed by atoms with van der Waals surface area (Å²) in [5.74, 6) is -0.703. The fourth-order valence-electron chi connectivity index (χ4n) is 1.88. The summed E-state index contributed by atoms with van der Waals surface area (Å²) in [5.41, 5.74) is 0. The SMILES string of the molecule is O=C(O)CCCCCCCCC1COC(=O)SN1. The Morgan fingerprint density at radius 2 is 1.94 bits per heavy atom. The molecule has 5 nitrogen and oxygen atoms in total. The molecular formula is C12H21NO4S. The topological polar surface area (TPSA) is 75.6 Å². The minimum Gasteiger partial charge on any atom is -0.481 e. The van der Waals surface area contributed by atoms with Crippen LogP contribution < -0.4 is 4.72 Å². The zero-order chi connectivity index (χ0) is 13.2. The van der Waals surface area contributed by atoms with Crippen LogP contribution in [0.4, 0.5) is 4.79 Å². The molecule has 104 valence electrons. The molecule has 1 fully saturated rings. The van der Waals surface area contributed by atoms with E-state index in [1.54, 1.807) is 0 Å². The third-order valence-corrected chi connectivity index (χ3v) is 3.64. The lowest BCUT2D eigenvalue weighted by Crippen LogP contribution is -2.35. The number of cyclic esters (lactones) is 1. The number of carbonyl (C=O) groups excluding carboxylic acids is 1. The Morgan fingerprint density at radius 1 is 1.28 bits per heavy atom. The van der Waals surface area contributed by atoms with Crippen LogP contribution in [0.15, 0.2) is 0 Å². The largest absolute Gasteiger partial charge is 0.481 e. The Morgan fingerprint density at radius 3 is 2.56 bits per heavy atom. The van der Waals surface area contributed by atoms with E-state index in [0.29, 0.717) is 6.61 Å². The summed E-state index contributed by atoms with van der Waals surface area (Å²) in [6, 6.07) is 0.278. The van der Waals surface area contributed by atoms with E-state index in [1.165, 1.54) is 0 Å². The van der Waals surface area contributed by atoms with Crippen molar-refractivity contribution in [3.63, 3.8) is 0 Å². The number of carboxylic acid groups (broad SMARTS) is 1. The third kappa shape index (κ3) is 7.55. The van der Waals surface area contributed by atoms with Gasteiger partial charge < -0.3 is 9.84 Å². The summed E-state index contributed by atoms with van der Waals surface area (Å²) in [6.07, 6.45) is 7.63. The van der Waals surface area contributed by atoms with Crippen LogP contribution in [-0.2, 0) is 9.53 Å². The van der Waals surface area contributed by atoms with Crippen molar-refractivity contribution in [3.05, 3.63) is 0 Å². The van der Waals surface area contributed by atoms with Crippen molar-refractivity contribution in [3.8, 4) is 0 Å². The smallest absolute Gasteiger partial charge is 0.382 e. The average molecular weight is 275 g/mol. The first-order valence-electron chi connectivity index (χ1n) is 6.49. The van der Waals surface area contributed by atoms with Gasteiger partial charge in [-0.25, -0.2) is 9.52 Å². The first-order chi connectivity index (χ1) is 8.68. The lowest BCUT2D eigenvalue weighted by molar-refractivity contribution is -0.137. The number of carboxylic acids is 1. The molecule has 0 bridgehead atoms. The minimum absolute atomic E-state index is 0.246. The van der Waals surface area contributed by atoms with Crippen LogP contribution in [0.25, 0.3) is 0 Å². The molecule has 0 saturated carbocycles. The van der Waals surface area contributed by atoms with Crippen molar-refractivity contribution < 1.29 is 19.4 Å². The predicted octanol–water partition coefficient (Wildman–Crippen LogP) is 2.95. The van der Waals surface area contributed by atoms with Gasteiger partial charge in [-0.05, 0) is 12.8 Å². The van der Waals surface area contributed by atoms with Gasteiger partial charge >= 0.3 is 11.3 Å². The monoisotopic (exact) mass is 275 g/mol. The van der Waals surface area contributed by atoms with Gasteiger partial charge in [-0.15, -0.1) is 0 Å². The molecule has 1 aliphatic heterocycles. The molecule has 1 rings (SSSR count). The second-order valence-corrected chi connectivity index (χ2v) is 5.30. The zero-order valence-electron chi connectivity index (χ0n) is 10.5. The molecule has 0 radical (unpaired) electrons. The molecule has 1 atom stereocenters. The van der Waals surface area contributed by atoms with Crippen molar-refractivity contribution in [2.45, 2.75) is 57.4 Å². The average Bonchev–Trinajstić information content (AvgIpc) is 2.34. The molecule has 1 unspecified atom stereocenters. The number of nitrogens with one attached hydrogen (secondary N) is 1. The quantitative estimate of drug-likeness (QED) is 0.383. The van der Waals surface area contributed by atoms with E-state index >= 15 is 0 Å². The second kappa shape index (κ2) is 9.22. The summed E-state index contributed by atoms with van der Waals surface area (Å²) in [7, 11) is 0. The van der Waals surface area contributed by atoms with Gasteiger partial charge in [0.2, 0.25) is 0 Å². The van der Waals surface area contributed by atoms with Gasteiger partial charge in [-0.3, -0.25) is 4.79 Å². The number of aliphatic carboxylic acids is 1. The molecule has 0 aromatic carbocycles. The summed E-state index contributed by atoms with van der Waals surface area (Å²) in [6.45, 7) is 0.477. The molecule has 18 heavy (non-hydrogen) atoms. The number of unbranched alkanes of at least 4 members (excludes halogenated alkanes) is 5. The highest BCUT2D eigenvalue weighted by Crippen LogP contribution is 2.15. The molecule has 6 heteroatoms. The van der Waals surface area contributed by atoms with E-state index < -0.39 is 5.97 Å². The van der Waals surface area contributed by atoms with Crippen LogP contribution in [-0.4, -0.2) is 29.0 Å². The van der Waals surface area contributed by atoms with E-state index in [9.17, 15) is 9.59 Å². The van der Waals surface area contributed by atoms with Crippen molar-refractivity contribution in [1.82, 2.24) is 4.72 Å². The van der Waals surface area contributed by atoms with E-state index in [2.05, 4.69) is 4.72 Å².